The Morgan fingerprint density at radius 3 is 2.14 bits per heavy atom. The van der Waals surface area contributed by atoms with Crippen molar-refractivity contribution in [1.82, 2.24) is 10.2 Å². The number of aromatic nitrogens is 2. The zero-order chi connectivity index (χ0) is 19.8. The molecule has 8 heteroatoms. The number of hydrogen-bond acceptors (Lipinski definition) is 6. The first-order valence-corrected chi connectivity index (χ1v) is 8.65. The average molecular weight is 377 g/mol. The number of para-hydroxylation sites is 1. The van der Waals surface area contributed by atoms with Gasteiger partial charge in [-0.2, -0.15) is 0 Å². The molecular weight excluding hydrogens is 358 g/mol. The van der Waals surface area contributed by atoms with Crippen LogP contribution in [0.5, 0.6) is 0 Å². The van der Waals surface area contributed by atoms with E-state index in [1.807, 2.05) is 18.2 Å². The monoisotopic (exact) mass is 377 g/mol. The molecule has 2 amide bonds. The highest BCUT2D eigenvalue weighted by molar-refractivity contribution is 5.99. The minimum Gasteiger partial charge on any atom is -0.462 e. The second-order valence-electron chi connectivity index (χ2n) is 5.67. The predicted molar refractivity (Wildman–Crippen MR) is 107 cm³/mol. The lowest BCUT2D eigenvalue weighted by atomic mass is 10.2. The molecule has 28 heavy (non-hydrogen) atoms. The molecule has 0 aliphatic rings. The first-order valence-electron chi connectivity index (χ1n) is 8.65. The third kappa shape index (κ3) is 5.28. The fourth-order valence-electron chi connectivity index (χ4n) is 2.32. The fourth-order valence-corrected chi connectivity index (χ4v) is 2.32. The van der Waals surface area contributed by atoms with Gasteiger partial charge in [0.2, 0.25) is 0 Å². The Balaban J connectivity index is 1.55. The molecule has 1 heterocycles. The second-order valence-corrected chi connectivity index (χ2v) is 5.67. The molecule has 0 unspecified atom stereocenters. The Bertz CT molecular complexity index is 928. The Morgan fingerprint density at radius 2 is 1.50 bits per heavy atom. The number of nitrogens with zero attached hydrogens (tertiary/aromatic N) is 2. The van der Waals surface area contributed by atoms with E-state index in [-0.39, 0.29) is 5.97 Å². The zero-order valence-electron chi connectivity index (χ0n) is 15.2. The quantitative estimate of drug-likeness (QED) is 0.560. The van der Waals surface area contributed by atoms with Gasteiger partial charge in [-0.05, 0) is 55.5 Å². The van der Waals surface area contributed by atoms with Crippen molar-refractivity contribution < 1.29 is 14.3 Å². The van der Waals surface area contributed by atoms with Gasteiger partial charge in [0.1, 0.15) is 0 Å². The summed E-state index contributed by atoms with van der Waals surface area (Å²) in [5, 5.41) is 16.4. The third-order valence-corrected chi connectivity index (χ3v) is 3.61. The molecule has 142 valence electrons. The molecule has 0 bridgehead atoms. The van der Waals surface area contributed by atoms with Crippen LogP contribution in [0.25, 0.3) is 0 Å². The van der Waals surface area contributed by atoms with Crippen LogP contribution in [0.15, 0.2) is 66.7 Å². The molecule has 2 aromatic carbocycles. The van der Waals surface area contributed by atoms with E-state index >= 15 is 0 Å². The van der Waals surface area contributed by atoms with Gasteiger partial charge < -0.3 is 15.4 Å². The van der Waals surface area contributed by atoms with Crippen LogP contribution in [0.4, 0.5) is 27.8 Å². The van der Waals surface area contributed by atoms with Gasteiger partial charge in [-0.25, -0.2) is 9.59 Å². The maximum atomic E-state index is 11.9. The number of esters is 1. The van der Waals surface area contributed by atoms with Crippen molar-refractivity contribution in [1.29, 1.82) is 0 Å². The molecule has 0 fully saturated rings. The summed E-state index contributed by atoms with van der Waals surface area (Å²) in [5.74, 6) is 0.451. The number of urea groups is 1. The number of anilines is 4. The highest BCUT2D eigenvalue weighted by Crippen LogP contribution is 2.16. The van der Waals surface area contributed by atoms with Crippen LogP contribution in [0.2, 0.25) is 0 Å². The molecule has 3 aromatic rings. The summed E-state index contributed by atoms with van der Waals surface area (Å²) in [5.41, 5.74) is 1.89. The molecule has 8 nitrogen and oxygen atoms in total. The number of amides is 2. The van der Waals surface area contributed by atoms with E-state index in [4.69, 9.17) is 4.74 Å². The smallest absolute Gasteiger partial charge is 0.338 e. The molecule has 3 rings (SSSR count). The van der Waals surface area contributed by atoms with Gasteiger partial charge in [-0.3, -0.25) is 5.32 Å². The van der Waals surface area contributed by atoms with Gasteiger partial charge in [-0.15, -0.1) is 10.2 Å². The summed E-state index contributed by atoms with van der Waals surface area (Å²) < 4.78 is 4.95. The number of ether oxygens (including phenoxy) is 1. The van der Waals surface area contributed by atoms with E-state index in [0.717, 1.165) is 5.69 Å². The summed E-state index contributed by atoms with van der Waals surface area (Å²) in [6, 6.07) is 18.8. The van der Waals surface area contributed by atoms with Gasteiger partial charge in [0, 0.05) is 11.4 Å². The van der Waals surface area contributed by atoms with Gasteiger partial charge in [0.25, 0.3) is 0 Å². The Labute approximate surface area is 161 Å². The maximum absolute atomic E-state index is 11.9. The molecule has 0 saturated heterocycles. The van der Waals surface area contributed by atoms with Crippen LogP contribution in [0, 0.1) is 0 Å². The predicted octanol–water partition coefficient (Wildman–Crippen LogP) is 4.04. The van der Waals surface area contributed by atoms with E-state index < -0.39 is 6.03 Å². The van der Waals surface area contributed by atoms with E-state index in [2.05, 4.69) is 26.1 Å². The maximum Gasteiger partial charge on any atom is 0.338 e. The SMILES string of the molecule is CCOC(=O)c1ccc(Nc2ccc(NC(=O)Nc3ccccc3)nn2)cc1. The van der Waals surface area contributed by atoms with Gasteiger partial charge in [0.15, 0.2) is 11.6 Å². The molecule has 0 aliphatic carbocycles. The number of benzene rings is 2. The standard InChI is InChI=1S/C20H19N5O3/c1-2-28-19(26)14-8-10-16(11-9-14)21-17-12-13-18(25-24-17)23-20(27)22-15-6-4-3-5-7-15/h3-13H,2H2,1H3,(H,21,24)(H2,22,23,25,27). The van der Waals surface area contributed by atoms with Gasteiger partial charge in [-0.1, -0.05) is 18.2 Å². The molecular formula is C20H19N5O3. The fraction of sp³-hybridized carbons (Fsp3) is 0.100. The zero-order valence-corrected chi connectivity index (χ0v) is 15.2. The number of nitrogens with one attached hydrogen (secondary N) is 3. The van der Waals surface area contributed by atoms with Crippen LogP contribution in [0.3, 0.4) is 0 Å². The highest BCUT2D eigenvalue weighted by atomic mass is 16.5. The minimum atomic E-state index is -0.407. The lowest BCUT2D eigenvalue weighted by molar-refractivity contribution is 0.0526. The van der Waals surface area contributed by atoms with Gasteiger partial charge >= 0.3 is 12.0 Å². The van der Waals surface area contributed by atoms with E-state index in [1.165, 1.54) is 0 Å². The summed E-state index contributed by atoms with van der Waals surface area (Å²) in [6.07, 6.45) is 0. The van der Waals surface area contributed by atoms with Crippen LogP contribution >= 0.6 is 0 Å². The summed E-state index contributed by atoms with van der Waals surface area (Å²) in [6.45, 7) is 2.09. The summed E-state index contributed by atoms with van der Waals surface area (Å²) >= 11 is 0. The topological polar surface area (TPSA) is 105 Å². The number of hydrogen-bond donors (Lipinski definition) is 3. The molecule has 0 saturated carbocycles. The molecule has 0 aliphatic heterocycles. The van der Waals surface area contributed by atoms with Crippen LogP contribution < -0.4 is 16.0 Å². The van der Waals surface area contributed by atoms with Crippen molar-refractivity contribution in [3.8, 4) is 0 Å². The Morgan fingerprint density at radius 1 is 0.821 bits per heavy atom. The highest BCUT2D eigenvalue weighted by Gasteiger charge is 2.07. The number of carbonyl (C=O) groups excluding carboxylic acids is 2. The van der Waals surface area contributed by atoms with E-state index in [1.54, 1.807) is 55.5 Å². The molecule has 0 spiro atoms. The molecule has 0 atom stereocenters. The normalized spacial score (nSPS) is 10.0. The summed E-state index contributed by atoms with van der Waals surface area (Å²) in [7, 11) is 0. The van der Waals surface area contributed by atoms with Crippen molar-refractivity contribution in [2.45, 2.75) is 6.92 Å². The van der Waals surface area contributed by atoms with Crippen molar-refractivity contribution in [2.75, 3.05) is 22.6 Å². The van der Waals surface area contributed by atoms with Crippen molar-refractivity contribution in [3.63, 3.8) is 0 Å². The Kier molecular flexibility index (Phi) is 6.14. The summed E-state index contributed by atoms with van der Waals surface area (Å²) in [4.78, 5) is 23.6. The second kappa shape index (κ2) is 9.13. The minimum absolute atomic E-state index is 0.316. The Hall–Kier alpha value is -3.94. The number of rotatable bonds is 6. The molecule has 3 N–H and O–H groups in total. The molecule has 1 aromatic heterocycles. The van der Waals surface area contributed by atoms with Crippen molar-refractivity contribution in [3.05, 3.63) is 72.3 Å². The first-order chi connectivity index (χ1) is 13.6. The largest absolute Gasteiger partial charge is 0.462 e. The van der Waals surface area contributed by atoms with Crippen molar-refractivity contribution >= 4 is 35.0 Å². The first kappa shape index (κ1) is 18.8. The van der Waals surface area contributed by atoms with E-state index in [0.29, 0.717) is 29.5 Å². The number of carbonyl (C=O) groups is 2. The lowest BCUT2D eigenvalue weighted by Gasteiger charge is -2.08. The van der Waals surface area contributed by atoms with Crippen LogP contribution in [-0.2, 0) is 4.74 Å². The van der Waals surface area contributed by atoms with E-state index in [9.17, 15) is 9.59 Å². The average Bonchev–Trinajstić information content (AvgIpc) is 2.71. The van der Waals surface area contributed by atoms with Crippen molar-refractivity contribution in [2.24, 2.45) is 0 Å². The lowest BCUT2D eigenvalue weighted by Crippen LogP contribution is -2.20. The van der Waals surface area contributed by atoms with Gasteiger partial charge in [0.05, 0.1) is 12.2 Å². The third-order valence-electron chi connectivity index (χ3n) is 3.61. The molecule has 0 radical (unpaired) electrons. The van der Waals surface area contributed by atoms with Crippen LogP contribution in [0.1, 0.15) is 17.3 Å². The van der Waals surface area contributed by atoms with Crippen LogP contribution in [-0.4, -0.2) is 28.8 Å².